The molecule has 16 heavy (non-hydrogen) atoms. The molecule has 0 aromatic carbocycles. The van der Waals surface area contributed by atoms with E-state index in [-0.39, 0.29) is 29.6 Å². The van der Waals surface area contributed by atoms with Crippen LogP contribution in [0.3, 0.4) is 0 Å². The Morgan fingerprint density at radius 1 is 1.62 bits per heavy atom. The molecule has 0 unspecified atom stereocenters. The van der Waals surface area contributed by atoms with Crippen LogP contribution >= 0.6 is 11.6 Å². The zero-order chi connectivity index (χ0) is 12.1. The first-order valence-corrected chi connectivity index (χ1v) is 4.87. The third-order valence-corrected chi connectivity index (χ3v) is 1.94. The van der Waals surface area contributed by atoms with Crippen molar-refractivity contribution in [2.24, 2.45) is 0 Å². The van der Waals surface area contributed by atoms with Crippen LogP contribution < -0.4 is 0 Å². The monoisotopic (exact) mass is 244 g/mol. The Labute approximate surface area is 96.3 Å². The van der Waals surface area contributed by atoms with Crippen molar-refractivity contribution >= 4 is 23.3 Å². The lowest BCUT2D eigenvalue weighted by molar-refractivity contribution is -0.385. The van der Waals surface area contributed by atoms with Crippen molar-refractivity contribution < 1.29 is 14.5 Å². The number of esters is 1. The van der Waals surface area contributed by atoms with Crippen molar-refractivity contribution in [1.82, 2.24) is 4.98 Å². The van der Waals surface area contributed by atoms with Gasteiger partial charge >= 0.3 is 5.97 Å². The minimum absolute atomic E-state index is 0.0101. The van der Waals surface area contributed by atoms with Gasteiger partial charge in [0.05, 0.1) is 18.0 Å². The van der Waals surface area contributed by atoms with E-state index < -0.39 is 10.9 Å². The zero-order valence-corrected chi connectivity index (χ0v) is 9.23. The maximum absolute atomic E-state index is 11.2. The number of pyridine rings is 1. The Morgan fingerprint density at radius 3 is 2.88 bits per heavy atom. The summed E-state index contributed by atoms with van der Waals surface area (Å²) in [5.41, 5.74) is -0.228. The van der Waals surface area contributed by atoms with Gasteiger partial charge in [-0.05, 0) is 13.0 Å². The lowest BCUT2D eigenvalue weighted by atomic mass is 10.2. The molecule has 86 valence electrons. The summed E-state index contributed by atoms with van der Waals surface area (Å²) in [5.74, 6) is -0.569. The van der Waals surface area contributed by atoms with Crippen molar-refractivity contribution in [3.63, 3.8) is 0 Å². The Kier molecular flexibility index (Phi) is 4.19. The molecule has 0 N–H and O–H groups in total. The Balaban J connectivity index is 2.96. The summed E-state index contributed by atoms with van der Waals surface area (Å²) in [5, 5.41) is 10.7. The van der Waals surface area contributed by atoms with Crippen LogP contribution in [0.15, 0.2) is 12.1 Å². The SMILES string of the molecule is CCOC(=O)Cc1nc(Cl)ccc1[N+](=O)[O-]. The number of nitrogens with zero attached hydrogens (tertiary/aromatic N) is 2. The molecule has 0 aliphatic heterocycles. The molecule has 0 saturated carbocycles. The first-order chi connectivity index (χ1) is 7.54. The van der Waals surface area contributed by atoms with Crippen LogP contribution in [-0.2, 0) is 16.0 Å². The second-order valence-corrected chi connectivity index (χ2v) is 3.23. The molecule has 1 aromatic heterocycles. The molecule has 0 atom stereocenters. The van der Waals surface area contributed by atoms with Gasteiger partial charge in [0.15, 0.2) is 0 Å². The molecule has 0 bridgehead atoms. The Hall–Kier alpha value is -1.69. The topological polar surface area (TPSA) is 82.3 Å². The van der Waals surface area contributed by atoms with E-state index in [9.17, 15) is 14.9 Å². The predicted octanol–water partition coefficient (Wildman–Crippen LogP) is 1.75. The van der Waals surface area contributed by atoms with Crippen LogP contribution in [0.1, 0.15) is 12.6 Å². The summed E-state index contributed by atoms with van der Waals surface area (Å²) in [4.78, 5) is 24.9. The van der Waals surface area contributed by atoms with Gasteiger partial charge in [-0.3, -0.25) is 14.9 Å². The Morgan fingerprint density at radius 2 is 2.31 bits per heavy atom. The smallest absolute Gasteiger partial charge is 0.312 e. The summed E-state index contributed by atoms with van der Waals surface area (Å²) in [7, 11) is 0. The van der Waals surface area contributed by atoms with E-state index in [2.05, 4.69) is 9.72 Å². The summed E-state index contributed by atoms with van der Waals surface area (Å²) in [6, 6.07) is 2.51. The molecular formula is C9H9ClN2O4. The number of hydrogen-bond acceptors (Lipinski definition) is 5. The molecule has 0 spiro atoms. The van der Waals surface area contributed by atoms with Gasteiger partial charge in [-0.2, -0.15) is 0 Å². The maximum atomic E-state index is 11.2. The molecule has 0 aliphatic carbocycles. The quantitative estimate of drug-likeness (QED) is 0.349. The summed E-state index contributed by atoms with van der Waals surface area (Å²) < 4.78 is 4.68. The maximum Gasteiger partial charge on any atom is 0.312 e. The highest BCUT2D eigenvalue weighted by atomic mass is 35.5. The number of rotatable bonds is 4. The van der Waals surface area contributed by atoms with Crippen LogP contribution in [-0.4, -0.2) is 22.5 Å². The third kappa shape index (κ3) is 3.16. The highest BCUT2D eigenvalue weighted by Gasteiger charge is 2.18. The number of carbonyl (C=O) groups is 1. The van der Waals surface area contributed by atoms with E-state index in [1.807, 2.05) is 0 Å². The van der Waals surface area contributed by atoms with Gasteiger partial charge in [0.2, 0.25) is 0 Å². The van der Waals surface area contributed by atoms with Crippen molar-refractivity contribution in [2.45, 2.75) is 13.3 Å². The van der Waals surface area contributed by atoms with E-state index in [1.54, 1.807) is 6.92 Å². The fourth-order valence-corrected chi connectivity index (χ4v) is 1.28. The number of halogens is 1. The number of carbonyl (C=O) groups excluding carboxylic acids is 1. The van der Waals surface area contributed by atoms with Gasteiger partial charge in [-0.15, -0.1) is 0 Å². The minimum Gasteiger partial charge on any atom is -0.466 e. The first-order valence-electron chi connectivity index (χ1n) is 4.50. The van der Waals surface area contributed by atoms with Crippen molar-refractivity contribution in [3.05, 3.63) is 33.1 Å². The van der Waals surface area contributed by atoms with Gasteiger partial charge in [-0.1, -0.05) is 11.6 Å². The van der Waals surface area contributed by atoms with E-state index >= 15 is 0 Å². The van der Waals surface area contributed by atoms with Gasteiger partial charge in [0, 0.05) is 6.07 Å². The van der Waals surface area contributed by atoms with Gasteiger partial charge in [-0.25, -0.2) is 4.98 Å². The van der Waals surface area contributed by atoms with E-state index in [4.69, 9.17) is 11.6 Å². The lowest BCUT2D eigenvalue weighted by Crippen LogP contribution is -2.10. The molecule has 6 nitrogen and oxygen atoms in total. The normalized spacial score (nSPS) is 9.88. The van der Waals surface area contributed by atoms with Gasteiger partial charge in [0.25, 0.3) is 5.69 Å². The number of aromatic nitrogens is 1. The van der Waals surface area contributed by atoms with Crippen LogP contribution in [0.25, 0.3) is 0 Å². The summed E-state index contributed by atoms with van der Waals surface area (Å²) in [6.07, 6.45) is -0.259. The number of hydrogen-bond donors (Lipinski definition) is 0. The van der Waals surface area contributed by atoms with Crippen LogP contribution in [0.4, 0.5) is 5.69 Å². The lowest BCUT2D eigenvalue weighted by Gasteiger charge is -2.02. The molecule has 1 aromatic rings. The fourth-order valence-electron chi connectivity index (χ4n) is 1.11. The van der Waals surface area contributed by atoms with Crippen LogP contribution in [0, 0.1) is 10.1 Å². The molecule has 7 heteroatoms. The third-order valence-electron chi connectivity index (χ3n) is 1.73. The van der Waals surface area contributed by atoms with Crippen LogP contribution in [0.5, 0.6) is 0 Å². The average molecular weight is 245 g/mol. The molecule has 0 saturated heterocycles. The highest BCUT2D eigenvalue weighted by Crippen LogP contribution is 2.19. The van der Waals surface area contributed by atoms with Gasteiger partial charge in [0.1, 0.15) is 10.8 Å². The van der Waals surface area contributed by atoms with E-state index in [0.29, 0.717) is 0 Å². The Bertz CT molecular complexity index is 422. The molecule has 0 fully saturated rings. The molecule has 0 amide bonds. The van der Waals surface area contributed by atoms with E-state index in [0.717, 1.165) is 0 Å². The van der Waals surface area contributed by atoms with Crippen molar-refractivity contribution in [3.8, 4) is 0 Å². The highest BCUT2D eigenvalue weighted by molar-refractivity contribution is 6.29. The molecule has 0 radical (unpaired) electrons. The standard InChI is InChI=1S/C9H9ClN2O4/c1-2-16-9(13)5-6-7(12(14)15)3-4-8(10)11-6/h3-4H,2,5H2,1H3. The largest absolute Gasteiger partial charge is 0.466 e. The molecule has 1 heterocycles. The zero-order valence-electron chi connectivity index (χ0n) is 8.47. The number of ether oxygens (including phenoxy) is 1. The summed E-state index contributed by atoms with van der Waals surface area (Å²) in [6.45, 7) is 1.87. The van der Waals surface area contributed by atoms with Crippen LogP contribution in [0.2, 0.25) is 5.15 Å². The second-order valence-electron chi connectivity index (χ2n) is 2.84. The number of nitro groups is 1. The average Bonchev–Trinajstić information content (AvgIpc) is 2.17. The predicted molar refractivity (Wildman–Crippen MR) is 56.2 cm³/mol. The molecular weight excluding hydrogens is 236 g/mol. The second kappa shape index (κ2) is 5.41. The fraction of sp³-hybridized carbons (Fsp3) is 0.333. The minimum atomic E-state index is -0.613. The molecule has 0 aliphatic rings. The van der Waals surface area contributed by atoms with Crippen molar-refractivity contribution in [2.75, 3.05) is 6.61 Å². The first kappa shape index (κ1) is 12.4. The summed E-state index contributed by atoms with van der Waals surface area (Å²) >= 11 is 5.60. The van der Waals surface area contributed by atoms with Gasteiger partial charge < -0.3 is 4.74 Å². The van der Waals surface area contributed by atoms with Crippen molar-refractivity contribution in [1.29, 1.82) is 0 Å². The molecule has 1 rings (SSSR count). The van der Waals surface area contributed by atoms with E-state index in [1.165, 1.54) is 12.1 Å².